The minimum atomic E-state index is -0.0393. The van der Waals surface area contributed by atoms with E-state index in [2.05, 4.69) is 34.5 Å². The molecule has 2 atom stereocenters. The molecule has 1 aromatic carbocycles. The summed E-state index contributed by atoms with van der Waals surface area (Å²) < 4.78 is 11.3. The summed E-state index contributed by atoms with van der Waals surface area (Å²) in [7, 11) is 3.85. The van der Waals surface area contributed by atoms with Crippen molar-refractivity contribution in [2.24, 2.45) is 10.9 Å². The topological polar surface area (TPSA) is 58.1 Å². The molecule has 6 nitrogen and oxygen atoms in total. The van der Waals surface area contributed by atoms with Crippen LogP contribution in [0.5, 0.6) is 11.5 Å². The number of guanidine groups is 1. The number of likely N-dealkylation sites (tertiary alicyclic amines) is 1. The number of nitrogens with one attached hydrogen (secondary N) is 2. The molecule has 0 amide bonds. The molecule has 1 aliphatic heterocycles. The predicted molar refractivity (Wildman–Crippen MR) is 107 cm³/mol. The monoisotopic (exact) mass is 362 g/mol. The maximum absolute atomic E-state index is 5.98. The van der Waals surface area contributed by atoms with Gasteiger partial charge in [-0.15, -0.1) is 0 Å². The molecule has 1 heterocycles. The highest BCUT2D eigenvalue weighted by atomic mass is 16.5. The second-order valence-electron chi connectivity index (χ2n) is 6.95. The number of nitrogens with zero attached hydrogens (tertiary/aromatic N) is 2. The normalized spacial score (nSPS) is 19.7. The zero-order valence-corrected chi connectivity index (χ0v) is 16.6. The number of hydrogen-bond donors (Lipinski definition) is 2. The third-order valence-corrected chi connectivity index (χ3v) is 4.53. The van der Waals surface area contributed by atoms with Gasteiger partial charge < -0.3 is 25.0 Å². The van der Waals surface area contributed by atoms with Crippen LogP contribution in [0.15, 0.2) is 29.3 Å². The van der Waals surface area contributed by atoms with Crippen LogP contribution in [0.25, 0.3) is 0 Å². The average molecular weight is 363 g/mol. The van der Waals surface area contributed by atoms with Crippen molar-refractivity contribution >= 4 is 5.96 Å². The second-order valence-corrected chi connectivity index (χ2v) is 6.95. The standard InChI is InChI=1S/C20H34N4O2/c1-5-21-20(23-14-17-9-8-12-24(3)15-17)22-13-16(2)26-19-11-7-6-10-18(19)25-4/h6-7,10-11,16-17H,5,8-9,12-15H2,1-4H3,(H2,21,22,23). The van der Waals surface area contributed by atoms with E-state index in [-0.39, 0.29) is 6.10 Å². The van der Waals surface area contributed by atoms with Gasteiger partial charge in [-0.2, -0.15) is 0 Å². The van der Waals surface area contributed by atoms with Crippen LogP contribution in [0.4, 0.5) is 0 Å². The maximum atomic E-state index is 5.98. The molecule has 0 saturated carbocycles. The van der Waals surface area contributed by atoms with Crippen molar-refractivity contribution in [3.8, 4) is 11.5 Å². The Morgan fingerprint density at radius 2 is 2.08 bits per heavy atom. The van der Waals surface area contributed by atoms with Gasteiger partial charge in [0.25, 0.3) is 0 Å². The first-order valence-corrected chi connectivity index (χ1v) is 9.62. The van der Waals surface area contributed by atoms with Crippen LogP contribution < -0.4 is 20.1 Å². The van der Waals surface area contributed by atoms with Crippen LogP contribution in [0, 0.1) is 5.92 Å². The lowest BCUT2D eigenvalue weighted by Gasteiger charge is -2.30. The smallest absolute Gasteiger partial charge is 0.191 e. The van der Waals surface area contributed by atoms with E-state index in [9.17, 15) is 0 Å². The van der Waals surface area contributed by atoms with Gasteiger partial charge >= 0.3 is 0 Å². The number of ether oxygens (including phenoxy) is 2. The molecular weight excluding hydrogens is 328 g/mol. The third-order valence-electron chi connectivity index (χ3n) is 4.53. The summed E-state index contributed by atoms with van der Waals surface area (Å²) >= 11 is 0. The third kappa shape index (κ3) is 6.75. The van der Waals surface area contributed by atoms with Crippen molar-refractivity contribution in [3.63, 3.8) is 0 Å². The fourth-order valence-corrected chi connectivity index (χ4v) is 3.21. The van der Waals surface area contributed by atoms with Crippen LogP contribution >= 0.6 is 0 Å². The summed E-state index contributed by atoms with van der Waals surface area (Å²) in [5, 5.41) is 6.80. The van der Waals surface area contributed by atoms with Crippen LogP contribution in [0.2, 0.25) is 0 Å². The largest absolute Gasteiger partial charge is 0.493 e. The molecule has 0 aliphatic carbocycles. The second kappa shape index (κ2) is 10.9. The Bertz CT molecular complexity index is 564. The van der Waals surface area contributed by atoms with Crippen molar-refractivity contribution in [1.82, 2.24) is 15.5 Å². The predicted octanol–water partition coefficient (Wildman–Crippen LogP) is 2.36. The number of rotatable bonds is 8. The summed E-state index contributed by atoms with van der Waals surface area (Å²) in [5.74, 6) is 3.03. The van der Waals surface area contributed by atoms with E-state index >= 15 is 0 Å². The van der Waals surface area contributed by atoms with E-state index < -0.39 is 0 Å². The molecule has 0 bridgehead atoms. The fraction of sp³-hybridized carbons (Fsp3) is 0.650. The molecule has 26 heavy (non-hydrogen) atoms. The summed E-state index contributed by atoms with van der Waals surface area (Å²) in [5.41, 5.74) is 0. The molecule has 1 aromatic rings. The highest BCUT2D eigenvalue weighted by Gasteiger charge is 2.17. The molecule has 0 aromatic heterocycles. The Hall–Kier alpha value is -1.95. The van der Waals surface area contributed by atoms with Crippen molar-refractivity contribution < 1.29 is 9.47 Å². The Labute approximate surface area is 158 Å². The highest BCUT2D eigenvalue weighted by Crippen LogP contribution is 2.26. The van der Waals surface area contributed by atoms with Crippen molar-refractivity contribution in [3.05, 3.63) is 24.3 Å². The molecule has 6 heteroatoms. The van der Waals surface area contributed by atoms with E-state index in [1.54, 1.807) is 7.11 Å². The van der Waals surface area contributed by atoms with Gasteiger partial charge in [-0.25, -0.2) is 4.99 Å². The van der Waals surface area contributed by atoms with Crippen molar-refractivity contribution in [1.29, 1.82) is 0 Å². The molecule has 0 radical (unpaired) electrons. The Morgan fingerprint density at radius 1 is 1.31 bits per heavy atom. The number of para-hydroxylation sites is 2. The summed E-state index contributed by atoms with van der Waals surface area (Å²) in [6, 6.07) is 7.70. The lowest BCUT2D eigenvalue weighted by Crippen LogP contribution is -2.43. The van der Waals surface area contributed by atoms with Gasteiger partial charge in [-0.05, 0) is 58.3 Å². The van der Waals surface area contributed by atoms with Gasteiger partial charge in [-0.3, -0.25) is 0 Å². The maximum Gasteiger partial charge on any atom is 0.191 e. The quantitative estimate of drug-likeness (QED) is 0.549. The summed E-state index contributed by atoms with van der Waals surface area (Å²) in [6.07, 6.45) is 2.52. The molecule has 1 fully saturated rings. The van der Waals surface area contributed by atoms with Gasteiger partial charge in [0.15, 0.2) is 17.5 Å². The molecular formula is C20H34N4O2. The van der Waals surface area contributed by atoms with E-state index in [4.69, 9.17) is 9.47 Å². The van der Waals surface area contributed by atoms with Crippen molar-refractivity contribution in [2.75, 3.05) is 46.9 Å². The molecule has 0 spiro atoms. The molecule has 2 rings (SSSR count). The first-order chi connectivity index (χ1) is 12.6. The van der Waals surface area contributed by atoms with Gasteiger partial charge in [-0.1, -0.05) is 12.1 Å². The average Bonchev–Trinajstić information content (AvgIpc) is 2.64. The molecule has 2 N–H and O–H groups in total. The van der Waals surface area contributed by atoms with Gasteiger partial charge in [0.05, 0.1) is 13.7 Å². The minimum absolute atomic E-state index is 0.0393. The lowest BCUT2D eigenvalue weighted by molar-refractivity contribution is 0.210. The first kappa shape index (κ1) is 20.4. The molecule has 1 saturated heterocycles. The zero-order chi connectivity index (χ0) is 18.8. The van der Waals surface area contributed by atoms with Crippen LogP contribution in [-0.2, 0) is 0 Å². The number of methoxy groups -OCH3 is 1. The number of piperidine rings is 1. The van der Waals surface area contributed by atoms with E-state index in [0.29, 0.717) is 12.5 Å². The zero-order valence-electron chi connectivity index (χ0n) is 16.6. The Balaban J connectivity index is 1.84. The summed E-state index contributed by atoms with van der Waals surface area (Å²) in [4.78, 5) is 7.09. The number of hydrogen-bond acceptors (Lipinski definition) is 4. The van der Waals surface area contributed by atoms with Gasteiger partial charge in [0.1, 0.15) is 6.10 Å². The van der Waals surface area contributed by atoms with E-state index in [0.717, 1.165) is 37.1 Å². The van der Waals surface area contributed by atoms with Gasteiger partial charge in [0.2, 0.25) is 0 Å². The Morgan fingerprint density at radius 3 is 2.77 bits per heavy atom. The van der Waals surface area contributed by atoms with Crippen LogP contribution in [-0.4, -0.2) is 63.8 Å². The molecule has 2 unspecified atom stereocenters. The number of aliphatic imine (C=N–C) groups is 1. The minimum Gasteiger partial charge on any atom is -0.493 e. The highest BCUT2D eigenvalue weighted by molar-refractivity contribution is 5.79. The van der Waals surface area contributed by atoms with E-state index in [1.165, 1.54) is 19.4 Å². The SMILES string of the molecule is CCNC(=NCC(C)Oc1ccccc1OC)NCC1CCCN(C)C1. The first-order valence-electron chi connectivity index (χ1n) is 9.62. The van der Waals surface area contributed by atoms with Crippen molar-refractivity contribution in [2.45, 2.75) is 32.8 Å². The van der Waals surface area contributed by atoms with Gasteiger partial charge in [0, 0.05) is 19.6 Å². The van der Waals surface area contributed by atoms with Crippen LogP contribution in [0.3, 0.4) is 0 Å². The van der Waals surface area contributed by atoms with Crippen LogP contribution in [0.1, 0.15) is 26.7 Å². The lowest BCUT2D eigenvalue weighted by atomic mass is 9.99. The summed E-state index contributed by atoms with van der Waals surface area (Å²) in [6.45, 7) is 8.85. The van der Waals surface area contributed by atoms with E-state index in [1.807, 2.05) is 31.2 Å². The number of benzene rings is 1. The molecule has 146 valence electrons. The Kier molecular flexibility index (Phi) is 8.54. The fourth-order valence-electron chi connectivity index (χ4n) is 3.21. The molecule has 1 aliphatic rings.